The molecule has 3 amide bonds. The number of nitrogens with one attached hydrogen (secondary N) is 2. The van der Waals surface area contributed by atoms with Gasteiger partial charge in [-0.3, -0.25) is 14.4 Å². The number of hydrogen-bond donors (Lipinski definition) is 2. The fourth-order valence-corrected chi connectivity index (χ4v) is 5.85. The SMILES string of the molecule is CCCN1CCC(NC(=O)c2cccc(NC(=O)CC3SC(N4CCCCC4)=NC3=O)c2)CC1. The number of aliphatic imine (C=N–C) groups is 1. The zero-order chi connectivity index (χ0) is 23.9. The number of thioether (sulfide) groups is 1. The highest BCUT2D eigenvalue weighted by Gasteiger charge is 2.33. The van der Waals surface area contributed by atoms with Gasteiger partial charge in [0.05, 0.1) is 0 Å². The number of carbonyl (C=O) groups is 3. The van der Waals surface area contributed by atoms with Crippen LogP contribution in [0.2, 0.25) is 0 Å². The summed E-state index contributed by atoms with van der Waals surface area (Å²) in [7, 11) is 0. The highest BCUT2D eigenvalue weighted by molar-refractivity contribution is 8.15. The summed E-state index contributed by atoms with van der Waals surface area (Å²) in [6, 6.07) is 7.15. The molecule has 1 unspecified atom stereocenters. The van der Waals surface area contributed by atoms with Gasteiger partial charge in [-0.1, -0.05) is 24.8 Å². The zero-order valence-corrected chi connectivity index (χ0v) is 20.7. The maximum atomic E-state index is 12.8. The minimum atomic E-state index is -0.484. The summed E-state index contributed by atoms with van der Waals surface area (Å²) < 4.78 is 0. The van der Waals surface area contributed by atoms with Gasteiger partial charge in [0.15, 0.2) is 5.17 Å². The quantitative estimate of drug-likeness (QED) is 0.616. The minimum absolute atomic E-state index is 0.0666. The van der Waals surface area contributed by atoms with Gasteiger partial charge in [0.2, 0.25) is 5.91 Å². The van der Waals surface area contributed by atoms with Crippen molar-refractivity contribution in [1.29, 1.82) is 0 Å². The Morgan fingerprint density at radius 1 is 1.12 bits per heavy atom. The van der Waals surface area contributed by atoms with Gasteiger partial charge in [-0.25, -0.2) is 0 Å². The number of benzene rings is 1. The molecule has 1 atom stereocenters. The number of hydrogen-bond acceptors (Lipinski definition) is 6. The number of carbonyl (C=O) groups excluding carboxylic acids is 3. The van der Waals surface area contributed by atoms with E-state index in [-0.39, 0.29) is 30.2 Å². The number of amidine groups is 1. The van der Waals surface area contributed by atoms with E-state index >= 15 is 0 Å². The molecule has 2 fully saturated rings. The second kappa shape index (κ2) is 11.8. The van der Waals surface area contributed by atoms with Crippen molar-refractivity contribution >= 4 is 40.3 Å². The van der Waals surface area contributed by atoms with Crippen molar-refractivity contribution in [3.8, 4) is 0 Å². The molecular formula is C25H35N5O3S. The number of anilines is 1. The third-order valence-electron chi connectivity index (χ3n) is 6.60. The molecule has 0 spiro atoms. The highest BCUT2D eigenvalue weighted by atomic mass is 32.2. The topological polar surface area (TPSA) is 94.1 Å². The van der Waals surface area contributed by atoms with E-state index in [0.29, 0.717) is 11.3 Å². The molecule has 0 aliphatic carbocycles. The van der Waals surface area contributed by atoms with Crippen molar-refractivity contribution in [2.45, 2.75) is 63.2 Å². The molecule has 1 aromatic rings. The molecule has 0 radical (unpaired) electrons. The Hall–Kier alpha value is -2.39. The van der Waals surface area contributed by atoms with Crippen molar-refractivity contribution in [3.05, 3.63) is 29.8 Å². The van der Waals surface area contributed by atoms with E-state index in [1.165, 1.54) is 18.2 Å². The maximum Gasteiger partial charge on any atom is 0.262 e. The van der Waals surface area contributed by atoms with Crippen molar-refractivity contribution < 1.29 is 14.4 Å². The number of likely N-dealkylation sites (tertiary alicyclic amines) is 2. The van der Waals surface area contributed by atoms with E-state index in [1.807, 2.05) is 0 Å². The Morgan fingerprint density at radius 2 is 1.88 bits per heavy atom. The number of nitrogens with zero attached hydrogens (tertiary/aromatic N) is 3. The molecule has 3 heterocycles. The zero-order valence-electron chi connectivity index (χ0n) is 19.9. The van der Waals surface area contributed by atoms with Gasteiger partial charge >= 0.3 is 0 Å². The van der Waals surface area contributed by atoms with Crippen LogP contribution in [0.3, 0.4) is 0 Å². The summed E-state index contributed by atoms with van der Waals surface area (Å²) in [5.74, 6) is -0.605. The van der Waals surface area contributed by atoms with Crippen LogP contribution in [0.5, 0.6) is 0 Å². The molecule has 3 aliphatic rings. The van der Waals surface area contributed by atoms with Gasteiger partial charge in [0.1, 0.15) is 5.25 Å². The number of amides is 3. The van der Waals surface area contributed by atoms with Gasteiger partial charge in [-0.2, -0.15) is 4.99 Å². The first-order valence-corrected chi connectivity index (χ1v) is 13.4. The number of rotatable bonds is 7. The molecule has 4 rings (SSSR count). The highest BCUT2D eigenvalue weighted by Crippen LogP contribution is 2.29. The minimum Gasteiger partial charge on any atom is -0.351 e. The van der Waals surface area contributed by atoms with Crippen LogP contribution in [0.15, 0.2) is 29.3 Å². The van der Waals surface area contributed by atoms with Crippen molar-refractivity contribution in [3.63, 3.8) is 0 Å². The largest absolute Gasteiger partial charge is 0.351 e. The van der Waals surface area contributed by atoms with Gasteiger partial charge in [0.25, 0.3) is 11.8 Å². The molecule has 8 nitrogen and oxygen atoms in total. The molecule has 9 heteroatoms. The molecule has 34 heavy (non-hydrogen) atoms. The summed E-state index contributed by atoms with van der Waals surface area (Å²) in [6.45, 7) is 7.16. The first-order valence-electron chi connectivity index (χ1n) is 12.5. The Labute approximate surface area is 205 Å². The van der Waals surface area contributed by atoms with E-state index in [9.17, 15) is 14.4 Å². The van der Waals surface area contributed by atoms with Crippen LogP contribution >= 0.6 is 11.8 Å². The van der Waals surface area contributed by atoms with Crippen molar-refractivity contribution in [2.75, 3.05) is 38.0 Å². The van der Waals surface area contributed by atoms with E-state index < -0.39 is 5.25 Å². The molecule has 184 valence electrons. The second-order valence-electron chi connectivity index (χ2n) is 9.31. The van der Waals surface area contributed by atoms with Crippen LogP contribution < -0.4 is 10.6 Å². The van der Waals surface area contributed by atoms with Gasteiger partial charge in [-0.15, -0.1) is 0 Å². The first-order chi connectivity index (χ1) is 16.5. The Balaban J connectivity index is 1.26. The fraction of sp³-hybridized carbons (Fsp3) is 0.600. The van der Waals surface area contributed by atoms with Crippen LogP contribution in [0.1, 0.15) is 62.2 Å². The second-order valence-corrected chi connectivity index (χ2v) is 10.5. The first kappa shape index (κ1) is 24.7. The average Bonchev–Trinajstić information content (AvgIpc) is 3.21. The predicted molar refractivity (Wildman–Crippen MR) is 136 cm³/mol. The maximum absolute atomic E-state index is 12.8. The molecule has 2 N–H and O–H groups in total. The lowest BCUT2D eigenvalue weighted by Gasteiger charge is -2.32. The molecule has 1 aromatic carbocycles. The summed E-state index contributed by atoms with van der Waals surface area (Å²) >= 11 is 1.39. The Bertz CT molecular complexity index is 923. The van der Waals surface area contributed by atoms with Crippen molar-refractivity contribution in [1.82, 2.24) is 15.1 Å². The lowest BCUT2D eigenvalue weighted by molar-refractivity contribution is -0.121. The summed E-state index contributed by atoms with van der Waals surface area (Å²) in [4.78, 5) is 46.5. The van der Waals surface area contributed by atoms with E-state index in [0.717, 1.165) is 70.0 Å². The molecular weight excluding hydrogens is 450 g/mol. The van der Waals surface area contributed by atoms with E-state index in [1.54, 1.807) is 24.3 Å². The third kappa shape index (κ3) is 6.60. The Morgan fingerprint density at radius 3 is 2.62 bits per heavy atom. The van der Waals surface area contributed by atoms with Gasteiger partial charge < -0.3 is 20.4 Å². The van der Waals surface area contributed by atoms with Crippen LogP contribution in [0.25, 0.3) is 0 Å². The van der Waals surface area contributed by atoms with Crippen LogP contribution in [-0.4, -0.2) is 76.7 Å². The molecule has 0 bridgehead atoms. The van der Waals surface area contributed by atoms with Gasteiger partial charge in [-0.05, 0) is 63.3 Å². The molecule has 2 saturated heterocycles. The lowest BCUT2D eigenvalue weighted by Crippen LogP contribution is -2.44. The summed E-state index contributed by atoms with van der Waals surface area (Å²) in [5.41, 5.74) is 1.08. The van der Waals surface area contributed by atoms with Gasteiger partial charge in [0, 0.05) is 49.9 Å². The fourth-order valence-electron chi connectivity index (χ4n) is 4.73. The van der Waals surface area contributed by atoms with Crippen LogP contribution in [0, 0.1) is 0 Å². The standard InChI is InChI=1S/C25H35N5O3S/c1-2-11-29-14-9-19(10-15-29)27-23(32)18-7-6-8-20(16-18)26-22(31)17-21-24(33)28-25(34-21)30-12-4-3-5-13-30/h6-8,16,19,21H,2-5,9-15,17H2,1H3,(H,26,31)(H,27,32). The van der Waals surface area contributed by atoms with Crippen LogP contribution in [-0.2, 0) is 9.59 Å². The van der Waals surface area contributed by atoms with E-state index in [2.05, 4.69) is 32.3 Å². The molecule has 0 aromatic heterocycles. The predicted octanol–water partition coefficient (Wildman–Crippen LogP) is 3.10. The molecule has 0 saturated carbocycles. The normalized spacial score (nSPS) is 21.9. The van der Waals surface area contributed by atoms with E-state index in [4.69, 9.17) is 0 Å². The number of piperidine rings is 2. The van der Waals surface area contributed by atoms with Crippen molar-refractivity contribution in [2.24, 2.45) is 4.99 Å². The molecule has 3 aliphatic heterocycles. The smallest absolute Gasteiger partial charge is 0.262 e. The summed E-state index contributed by atoms with van der Waals surface area (Å²) in [5, 5.41) is 6.25. The Kier molecular flexibility index (Phi) is 8.61. The lowest BCUT2D eigenvalue weighted by atomic mass is 10.0. The summed E-state index contributed by atoms with van der Waals surface area (Å²) in [6.07, 6.45) is 6.56. The van der Waals surface area contributed by atoms with Crippen LogP contribution in [0.4, 0.5) is 5.69 Å². The third-order valence-corrected chi connectivity index (χ3v) is 7.81. The average molecular weight is 486 g/mol. The monoisotopic (exact) mass is 485 g/mol.